The fourth-order valence-corrected chi connectivity index (χ4v) is 4.94. The summed E-state index contributed by atoms with van der Waals surface area (Å²) >= 11 is 0. The molecule has 0 unspecified atom stereocenters. The zero-order valence-electron chi connectivity index (χ0n) is 19.9. The van der Waals surface area contributed by atoms with Crippen molar-refractivity contribution in [2.75, 3.05) is 35.8 Å². The fourth-order valence-electron chi connectivity index (χ4n) is 4.94. The van der Waals surface area contributed by atoms with Crippen molar-refractivity contribution in [3.8, 4) is 0 Å². The first-order valence-electron chi connectivity index (χ1n) is 11.9. The number of carbonyl (C=O) groups excluding carboxylic acids is 1. The number of nitrogens with zero attached hydrogens (tertiary/aromatic N) is 3. The molecule has 3 N–H and O–H groups in total. The molecular formula is C27H35N5O. The van der Waals surface area contributed by atoms with Gasteiger partial charge in [-0.1, -0.05) is 43.3 Å². The topological polar surface area (TPSA) is 74.5 Å². The molecule has 1 heterocycles. The second-order valence-electron chi connectivity index (χ2n) is 9.23. The minimum atomic E-state index is -0.368. The van der Waals surface area contributed by atoms with E-state index in [0.717, 1.165) is 60.1 Å². The molecule has 1 aliphatic carbocycles. The van der Waals surface area contributed by atoms with E-state index in [0.29, 0.717) is 18.5 Å². The molecule has 0 bridgehead atoms. The number of aryl methyl sites for hydroxylation is 1. The maximum atomic E-state index is 12.3. The molecule has 2 amide bonds. The standard InChI is InChI=1S/C27H35N5O/c1-4-20-9-5-8-12-24(20)32(27(28)33)18-19-13-15-21(16-14-19)29-26-17-25(31(2)3)22-10-6-7-11-23(22)30-26/h5-12,17,19,21H,4,13-16,18H2,1-3H3,(H2,28,33)(H,29,30). The molecule has 1 saturated carbocycles. The van der Waals surface area contributed by atoms with Crippen LogP contribution >= 0.6 is 0 Å². The van der Waals surface area contributed by atoms with Gasteiger partial charge in [0.2, 0.25) is 0 Å². The Morgan fingerprint density at radius 3 is 2.42 bits per heavy atom. The molecule has 3 aromatic rings. The number of hydrogen-bond acceptors (Lipinski definition) is 4. The minimum Gasteiger partial charge on any atom is -0.377 e. The predicted octanol–water partition coefficient (Wildman–Crippen LogP) is 5.42. The number of nitrogens with two attached hydrogens (primary N) is 1. The Morgan fingerprint density at radius 1 is 1.03 bits per heavy atom. The van der Waals surface area contributed by atoms with Gasteiger partial charge in [-0.15, -0.1) is 0 Å². The van der Waals surface area contributed by atoms with Gasteiger partial charge in [0, 0.05) is 49.5 Å². The normalized spacial score (nSPS) is 18.2. The number of rotatable bonds is 7. The second kappa shape index (κ2) is 10.1. The maximum absolute atomic E-state index is 12.3. The van der Waals surface area contributed by atoms with Crippen molar-refractivity contribution >= 4 is 34.1 Å². The number of carbonyl (C=O) groups is 1. The Morgan fingerprint density at radius 2 is 1.73 bits per heavy atom. The van der Waals surface area contributed by atoms with Gasteiger partial charge in [-0.25, -0.2) is 9.78 Å². The summed E-state index contributed by atoms with van der Waals surface area (Å²) in [5.41, 5.74) is 10.1. The zero-order valence-corrected chi connectivity index (χ0v) is 19.9. The van der Waals surface area contributed by atoms with Crippen molar-refractivity contribution in [3.05, 3.63) is 60.2 Å². The SMILES string of the molecule is CCc1ccccc1N(CC1CCC(Nc2cc(N(C)C)c3ccccc3n2)CC1)C(N)=O. The first-order valence-corrected chi connectivity index (χ1v) is 11.9. The van der Waals surface area contributed by atoms with Crippen molar-refractivity contribution in [1.82, 2.24) is 4.98 Å². The van der Waals surface area contributed by atoms with E-state index in [9.17, 15) is 4.79 Å². The number of pyridine rings is 1. The number of hydrogen-bond donors (Lipinski definition) is 2. The summed E-state index contributed by atoms with van der Waals surface area (Å²) in [6.07, 6.45) is 5.11. The highest BCUT2D eigenvalue weighted by molar-refractivity contribution is 5.93. The third kappa shape index (κ3) is 5.21. The lowest BCUT2D eigenvalue weighted by Gasteiger charge is -2.33. The minimum absolute atomic E-state index is 0.368. The lowest BCUT2D eigenvalue weighted by molar-refractivity contribution is 0.250. The molecule has 0 radical (unpaired) electrons. The lowest BCUT2D eigenvalue weighted by atomic mass is 9.85. The third-order valence-corrected chi connectivity index (χ3v) is 6.75. The average molecular weight is 446 g/mol. The van der Waals surface area contributed by atoms with Gasteiger partial charge < -0.3 is 16.0 Å². The van der Waals surface area contributed by atoms with Gasteiger partial charge in [-0.2, -0.15) is 0 Å². The van der Waals surface area contributed by atoms with Crippen LogP contribution < -0.4 is 20.9 Å². The average Bonchev–Trinajstić information content (AvgIpc) is 2.82. The van der Waals surface area contributed by atoms with Crippen molar-refractivity contribution in [3.63, 3.8) is 0 Å². The highest BCUT2D eigenvalue weighted by atomic mass is 16.2. The summed E-state index contributed by atoms with van der Waals surface area (Å²) in [5, 5.41) is 4.83. The first-order chi connectivity index (χ1) is 16.0. The van der Waals surface area contributed by atoms with E-state index >= 15 is 0 Å². The molecule has 1 aliphatic rings. The molecule has 0 saturated heterocycles. The number of fused-ring (bicyclic) bond motifs is 1. The van der Waals surface area contributed by atoms with Gasteiger partial charge in [-0.05, 0) is 55.7 Å². The number of aromatic nitrogens is 1. The number of anilines is 3. The van der Waals surface area contributed by atoms with Crippen molar-refractivity contribution in [2.24, 2.45) is 11.7 Å². The molecule has 0 spiro atoms. The monoisotopic (exact) mass is 445 g/mol. The number of primary amides is 1. The molecule has 0 aliphatic heterocycles. The Bertz CT molecular complexity index is 1100. The van der Waals surface area contributed by atoms with Crippen LogP contribution in [0, 0.1) is 5.92 Å². The van der Waals surface area contributed by atoms with E-state index < -0.39 is 0 Å². The van der Waals surface area contributed by atoms with Crippen molar-refractivity contribution in [2.45, 2.75) is 45.1 Å². The van der Waals surface area contributed by atoms with Crippen LogP contribution in [0.1, 0.15) is 38.2 Å². The van der Waals surface area contributed by atoms with Gasteiger partial charge in [0.25, 0.3) is 0 Å². The van der Waals surface area contributed by atoms with E-state index in [4.69, 9.17) is 10.7 Å². The quantitative estimate of drug-likeness (QED) is 0.509. The van der Waals surface area contributed by atoms with E-state index in [1.807, 2.05) is 24.3 Å². The van der Waals surface area contributed by atoms with Gasteiger partial charge in [-0.3, -0.25) is 4.90 Å². The molecule has 1 aromatic heterocycles. The van der Waals surface area contributed by atoms with Gasteiger partial charge in [0.1, 0.15) is 5.82 Å². The summed E-state index contributed by atoms with van der Waals surface area (Å²) in [6.45, 7) is 2.79. The summed E-state index contributed by atoms with van der Waals surface area (Å²) < 4.78 is 0. The summed E-state index contributed by atoms with van der Waals surface area (Å²) in [6, 6.07) is 18.5. The maximum Gasteiger partial charge on any atom is 0.319 e. The van der Waals surface area contributed by atoms with Crippen LogP contribution in [0.4, 0.5) is 22.0 Å². The lowest BCUT2D eigenvalue weighted by Crippen LogP contribution is -2.41. The molecule has 2 aromatic carbocycles. The van der Waals surface area contributed by atoms with Crippen LogP contribution in [0.3, 0.4) is 0 Å². The molecule has 6 nitrogen and oxygen atoms in total. The van der Waals surface area contributed by atoms with Gasteiger partial charge >= 0.3 is 6.03 Å². The highest BCUT2D eigenvalue weighted by Gasteiger charge is 2.26. The summed E-state index contributed by atoms with van der Waals surface area (Å²) in [4.78, 5) is 21.0. The van der Waals surface area contributed by atoms with Gasteiger partial charge in [0.15, 0.2) is 0 Å². The molecule has 33 heavy (non-hydrogen) atoms. The largest absolute Gasteiger partial charge is 0.377 e. The Balaban J connectivity index is 1.41. The molecule has 4 rings (SSSR count). The van der Waals surface area contributed by atoms with Crippen LogP contribution in [-0.2, 0) is 6.42 Å². The predicted molar refractivity (Wildman–Crippen MR) is 138 cm³/mol. The Hall–Kier alpha value is -3.28. The Labute approximate surface area is 196 Å². The number of amides is 2. The van der Waals surface area contributed by atoms with Crippen molar-refractivity contribution < 1.29 is 4.79 Å². The summed E-state index contributed by atoms with van der Waals surface area (Å²) in [5.74, 6) is 1.37. The van der Waals surface area contributed by atoms with E-state index in [-0.39, 0.29) is 6.03 Å². The van der Waals surface area contributed by atoms with Crippen LogP contribution in [0.2, 0.25) is 0 Å². The number of para-hydroxylation sites is 2. The molecule has 0 atom stereocenters. The van der Waals surface area contributed by atoms with Crippen LogP contribution in [0.5, 0.6) is 0 Å². The van der Waals surface area contributed by atoms with E-state index in [1.165, 1.54) is 5.69 Å². The molecular weight excluding hydrogens is 410 g/mol. The van der Waals surface area contributed by atoms with Gasteiger partial charge in [0.05, 0.1) is 5.52 Å². The number of urea groups is 1. The highest BCUT2D eigenvalue weighted by Crippen LogP contribution is 2.32. The fraction of sp³-hybridized carbons (Fsp3) is 0.407. The number of nitrogens with one attached hydrogen (secondary N) is 1. The van der Waals surface area contributed by atoms with Crippen LogP contribution in [0.25, 0.3) is 10.9 Å². The smallest absolute Gasteiger partial charge is 0.319 e. The van der Waals surface area contributed by atoms with Crippen LogP contribution in [0.15, 0.2) is 54.6 Å². The molecule has 174 valence electrons. The van der Waals surface area contributed by atoms with Crippen molar-refractivity contribution in [1.29, 1.82) is 0 Å². The van der Waals surface area contributed by atoms with E-state index in [2.05, 4.69) is 61.6 Å². The zero-order chi connectivity index (χ0) is 23.4. The van der Waals surface area contributed by atoms with Crippen LogP contribution in [-0.4, -0.2) is 37.7 Å². The van der Waals surface area contributed by atoms with E-state index in [1.54, 1.807) is 4.90 Å². The molecule has 1 fully saturated rings. The Kier molecular flexibility index (Phi) is 7.02. The summed E-state index contributed by atoms with van der Waals surface area (Å²) in [7, 11) is 4.13. The first kappa shape index (κ1) is 22.9. The third-order valence-electron chi connectivity index (χ3n) is 6.75. The molecule has 6 heteroatoms. The second-order valence-corrected chi connectivity index (χ2v) is 9.23. The number of benzene rings is 2.